The van der Waals surface area contributed by atoms with E-state index in [-0.39, 0.29) is 12.6 Å². The Kier molecular flexibility index (Phi) is 5.27. The lowest BCUT2D eigenvalue weighted by atomic mass is 10.1. The molecule has 0 N–H and O–H groups in total. The van der Waals surface area contributed by atoms with Gasteiger partial charge in [-0.05, 0) is 17.7 Å². The van der Waals surface area contributed by atoms with E-state index in [9.17, 15) is 13.2 Å². The minimum absolute atomic E-state index is 0.156. The maximum absolute atomic E-state index is 12.1. The van der Waals surface area contributed by atoms with Gasteiger partial charge in [-0.1, -0.05) is 24.3 Å². The van der Waals surface area contributed by atoms with Crippen molar-refractivity contribution >= 4 is 16.2 Å². The van der Waals surface area contributed by atoms with Crippen molar-refractivity contribution in [2.24, 2.45) is 0 Å². The van der Waals surface area contributed by atoms with Crippen molar-refractivity contribution in [3.05, 3.63) is 42.0 Å². The van der Waals surface area contributed by atoms with Crippen molar-refractivity contribution in [1.29, 1.82) is 0 Å². The van der Waals surface area contributed by atoms with E-state index in [0.717, 1.165) is 11.8 Å². The summed E-state index contributed by atoms with van der Waals surface area (Å²) in [5.74, 6) is 0.706. The molecule has 0 radical (unpaired) electrons. The Morgan fingerprint density at radius 3 is 2.35 bits per heavy atom. The molecule has 1 aliphatic heterocycles. The average molecular weight is 341 g/mol. The summed E-state index contributed by atoms with van der Waals surface area (Å²) >= 11 is 0. The standard InChI is InChI=1S/C15H19NO6S/c1-20-13-7-4-11(5-8-13)14-9-6-12(10-22-23(3,18)19)16(14)15(17)21-2/h4-9,12,14H,10H2,1-3H3/t12-,14-/m0/s1. The van der Waals surface area contributed by atoms with Crippen molar-refractivity contribution < 1.29 is 26.9 Å². The Hall–Kier alpha value is -2.06. The minimum Gasteiger partial charge on any atom is -0.497 e. The molecule has 0 fully saturated rings. The van der Waals surface area contributed by atoms with E-state index >= 15 is 0 Å². The monoisotopic (exact) mass is 341 g/mol. The number of amides is 1. The molecule has 7 nitrogen and oxygen atoms in total. The summed E-state index contributed by atoms with van der Waals surface area (Å²) in [6.07, 6.45) is 3.96. The van der Waals surface area contributed by atoms with Gasteiger partial charge in [0.25, 0.3) is 10.1 Å². The van der Waals surface area contributed by atoms with Crippen molar-refractivity contribution in [3.8, 4) is 5.75 Å². The molecule has 1 aliphatic rings. The van der Waals surface area contributed by atoms with Crippen LogP contribution in [0.15, 0.2) is 36.4 Å². The van der Waals surface area contributed by atoms with Crippen LogP contribution in [-0.2, 0) is 19.0 Å². The van der Waals surface area contributed by atoms with Gasteiger partial charge in [-0.2, -0.15) is 8.42 Å². The van der Waals surface area contributed by atoms with Gasteiger partial charge in [0, 0.05) is 0 Å². The van der Waals surface area contributed by atoms with Gasteiger partial charge in [-0.25, -0.2) is 4.79 Å². The second-order valence-corrected chi connectivity index (χ2v) is 6.68. The van der Waals surface area contributed by atoms with E-state index in [0.29, 0.717) is 5.75 Å². The lowest BCUT2D eigenvalue weighted by molar-refractivity contribution is 0.0951. The molecule has 126 valence electrons. The molecule has 0 spiro atoms. The normalized spacial score (nSPS) is 20.6. The number of nitrogens with zero attached hydrogens (tertiary/aromatic N) is 1. The van der Waals surface area contributed by atoms with Crippen molar-refractivity contribution in [1.82, 2.24) is 4.90 Å². The molecule has 1 heterocycles. The van der Waals surface area contributed by atoms with Crippen LogP contribution < -0.4 is 4.74 Å². The zero-order chi connectivity index (χ0) is 17.0. The van der Waals surface area contributed by atoms with Crippen LogP contribution in [0.4, 0.5) is 4.79 Å². The third-order valence-electron chi connectivity index (χ3n) is 3.47. The van der Waals surface area contributed by atoms with Gasteiger partial charge in [-0.15, -0.1) is 0 Å². The number of carbonyl (C=O) groups excluding carboxylic acids is 1. The van der Waals surface area contributed by atoms with Crippen molar-refractivity contribution in [2.45, 2.75) is 12.1 Å². The zero-order valence-electron chi connectivity index (χ0n) is 13.1. The van der Waals surface area contributed by atoms with Gasteiger partial charge in [-0.3, -0.25) is 9.08 Å². The summed E-state index contributed by atoms with van der Waals surface area (Å²) in [4.78, 5) is 13.5. The highest BCUT2D eigenvalue weighted by molar-refractivity contribution is 7.85. The quantitative estimate of drug-likeness (QED) is 0.599. The predicted molar refractivity (Wildman–Crippen MR) is 83.7 cm³/mol. The fraction of sp³-hybridized carbons (Fsp3) is 0.400. The first-order chi connectivity index (χ1) is 10.9. The first kappa shape index (κ1) is 17.3. The van der Waals surface area contributed by atoms with E-state index in [2.05, 4.69) is 0 Å². The number of hydrogen-bond acceptors (Lipinski definition) is 6. The average Bonchev–Trinajstić information content (AvgIpc) is 2.95. The summed E-state index contributed by atoms with van der Waals surface area (Å²) in [6.45, 7) is -0.156. The second kappa shape index (κ2) is 7.01. The van der Waals surface area contributed by atoms with Gasteiger partial charge in [0.15, 0.2) is 0 Å². The zero-order valence-corrected chi connectivity index (χ0v) is 13.9. The number of benzene rings is 1. The SMILES string of the molecule is COC(=O)N1[C@H](COS(C)(=O)=O)C=C[C@H]1c1ccc(OC)cc1. The molecule has 0 unspecified atom stereocenters. The Morgan fingerprint density at radius 2 is 1.83 bits per heavy atom. The van der Waals surface area contributed by atoms with E-state index in [1.54, 1.807) is 25.3 Å². The molecular weight excluding hydrogens is 322 g/mol. The van der Waals surface area contributed by atoms with Crippen LogP contribution >= 0.6 is 0 Å². The fourth-order valence-electron chi connectivity index (χ4n) is 2.38. The van der Waals surface area contributed by atoms with Crippen LogP contribution in [0.25, 0.3) is 0 Å². The van der Waals surface area contributed by atoms with E-state index in [1.807, 2.05) is 18.2 Å². The summed E-state index contributed by atoms with van der Waals surface area (Å²) in [5, 5.41) is 0. The number of methoxy groups -OCH3 is 2. The van der Waals surface area contributed by atoms with Crippen LogP contribution in [-0.4, -0.2) is 52.5 Å². The summed E-state index contributed by atoms with van der Waals surface area (Å²) in [6, 6.07) is 6.37. The lowest BCUT2D eigenvalue weighted by Crippen LogP contribution is -2.40. The van der Waals surface area contributed by atoms with Gasteiger partial charge in [0.2, 0.25) is 0 Å². The number of rotatable bonds is 5. The molecule has 0 bridgehead atoms. The van der Waals surface area contributed by atoms with Crippen LogP contribution in [0, 0.1) is 0 Å². The topological polar surface area (TPSA) is 82.1 Å². The highest BCUT2D eigenvalue weighted by Crippen LogP contribution is 2.32. The Balaban J connectivity index is 2.21. The van der Waals surface area contributed by atoms with E-state index in [4.69, 9.17) is 13.7 Å². The summed E-state index contributed by atoms with van der Waals surface area (Å²) < 4.78 is 37.1. The molecule has 0 saturated carbocycles. The molecule has 0 aliphatic carbocycles. The number of carbonyl (C=O) groups is 1. The smallest absolute Gasteiger partial charge is 0.410 e. The van der Waals surface area contributed by atoms with Gasteiger partial charge >= 0.3 is 6.09 Å². The predicted octanol–water partition coefficient (Wildman–Crippen LogP) is 1.72. The van der Waals surface area contributed by atoms with E-state index < -0.39 is 22.3 Å². The highest BCUT2D eigenvalue weighted by atomic mass is 32.2. The van der Waals surface area contributed by atoms with E-state index in [1.165, 1.54) is 12.0 Å². The maximum atomic E-state index is 12.1. The molecule has 0 aromatic heterocycles. The minimum atomic E-state index is -3.59. The molecule has 8 heteroatoms. The molecule has 1 aromatic carbocycles. The number of ether oxygens (including phenoxy) is 2. The summed E-state index contributed by atoms with van der Waals surface area (Å²) in [7, 11) is -0.737. The summed E-state index contributed by atoms with van der Waals surface area (Å²) in [5.41, 5.74) is 0.856. The lowest BCUT2D eigenvalue weighted by Gasteiger charge is -2.29. The third-order valence-corrected chi connectivity index (χ3v) is 4.03. The molecule has 23 heavy (non-hydrogen) atoms. The molecule has 1 aromatic rings. The largest absolute Gasteiger partial charge is 0.497 e. The Labute approximate surface area is 135 Å². The van der Waals surface area contributed by atoms with Gasteiger partial charge in [0.05, 0.1) is 39.2 Å². The highest BCUT2D eigenvalue weighted by Gasteiger charge is 2.35. The molecular formula is C15H19NO6S. The first-order valence-electron chi connectivity index (χ1n) is 6.88. The van der Waals surface area contributed by atoms with Crippen LogP contribution in [0.2, 0.25) is 0 Å². The Morgan fingerprint density at radius 1 is 1.17 bits per heavy atom. The Bertz CT molecular complexity index is 682. The fourth-order valence-corrected chi connectivity index (χ4v) is 2.77. The molecule has 0 saturated heterocycles. The van der Waals surface area contributed by atoms with Crippen molar-refractivity contribution in [3.63, 3.8) is 0 Å². The van der Waals surface area contributed by atoms with Crippen molar-refractivity contribution in [2.75, 3.05) is 27.1 Å². The molecule has 1 amide bonds. The molecule has 2 rings (SSSR count). The third kappa shape index (κ3) is 4.23. The van der Waals surface area contributed by atoms with Gasteiger partial charge in [0.1, 0.15) is 5.75 Å². The van der Waals surface area contributed by atoms with Crippen LogP contribution in [0.3, 0.4) is 0 Å². The van der Waals surface area contributed by atoms with Crippen LogP contribution in [0.1, 0.15) is 11.6 Å². The van der Waals surface area contributed by atoms with Crippen LogP contribution in [0.5, 0.6) is 5.75 Å². The molecule has 2 atom stereocenters. The second-order valence-electron chi connectivity index (χ2n) is 5.04. The maximum Gasteiger partial charge on any atom is 0.410 e. The first-order valence-corrected chi connectivity index (χ1v) is 8.70. The van der Waals surface area contributed by atoms with Gasteiger partial charge < -0.3 is 9.47 Å². The number of hydrogen-bond donors (Lipinski definition) is 0.